The van der Waals surface area contributed by atoms with Crippen molar-refractivity contribution in [2.45, 2.75) is 13.3 Å². The predicted octanol–water partition coefficient (Wildman–Crippen LogP) is 3.30. The standard InChI is InChI=1S/C11H14BrN/c1-9-6-7-13(8-9)11-4-2-10(12)3-5-11/h2-5,9H,6-8H2,1H3. The van der Waals surface area contributed by atoms with E-state index >= 15 is 0 Å². The number of benzene rings is 1. The van der Waals surface area contributed by atoms with E-state index in [1.54, 1.807) is 0 Å². The zero-order chi connectivity index (χ0) is 9.26. The molecule has 1 unspecified atom stereocenters. The predicted molar refractivity (Wildman–Crippen MR) is 60.1 cm³/mol. The molecule has 1 aliphatic rings. The molecule has 0 aliphatic carbocycles. The van der Waals surface area contributed by atoms with Crippen LogP contribution >= 0.6 is 15.9 Å². The summed E-state index contributed by atoms with van der Waals surface area (Å²) in [5.74, 6) is 0.851. The van der Waals surface area contributed by atoms with Crippen LogP contribution in [-0.4, -0.2) is 13.1 Å². The lowest BCUT2D eigenvalue weighted by Crippen LogP contribution is -2.18. The van der Waals surface area contributed by atoms with E-state index in [1.807, 2.05) is 0 Å². The molecule has 1 aliphatic heterocycles. The molecule has 0 bridgehead atoms. The quantitative estimate of drug-likeness (QED) is 0.728. The highest BCUT2D eigenvalue weighted by Crippen LogP contribution is 2.24. The first-order valence-corrected chi connectivity index (χ1v) is 5.55. The number of rotatable bonds is 1. The van der Waals surface area contributed by atoms with Crippen LogP contribution in [0.25, 0.3) is 0 Å². The van der Waals surface area contributed by atoms with Crippen LogP contribution in [0.4, 0.5) is 5.69 Å². The summed E-state index contributed by atoms with van der Waals surface area (Å²) in [6.07, 6.45) is 1.33. The summed E-state index contributed by atoms with van der Waals surface area (Å²) in [7, 11) is 0. The molecule has 13 heavy (non-hydrogen) atoms. The molecule has 1 nitrogen and oxygen atoms in total. The van der Waals surface area contributed by atoms with Crippen LogP contribution in [0.3, 0.4) is 0 Å². The Labute approximate surface area is 87.9 Å². The Morgan fingerprint density at radius 3 is 2.54 bits per heavy atom. The van der Waals surface area contributed by atoms with Crippen LogP contribution in [0.2, 0.25) is 0 Å². The Balaban J connectivity index is 2.13. The number of halogens is 1. The Morgan fingerprint density at radius 2 is 2.00 bits per heavy atom. The van der Waals surface area contributed by atoms with E-state index in [-0.39, 0.29) is 0 Å². The van der Waals surface area contributed by atoms with Crippen molar-refractivity contribution in [1.82, 2.24) is 0 Å². The van der Waals surface area contributed by atoms with Crippen molar-refractivity contribution in [3.05, 3.63) is 28.7 Å². The lowest BCUT2D eigenvalue weighted by Gasteiger charge is -2.17. The monoisotopic (exact) mass is 239 g/mol. The van der Waals surface area contributed by atoms with Crippen molar-refractivity contribution in [2.24, 2.45) is 5.92 Å². The SMILES string of the molecule is CC1CCN(c2ccc(Br)cc2)C1. The summed E-state index contributed by atoms with van der Waals surface area (Å²) < 4.78 is 1.16. The molecule has 0 radical (unpaired) electrons. The Bertz CT molecular complexity index is 281. The molecule has 1 saturated heterocycles. The third-order valence-corrected chi connectivity index (χ3v) is 3.14. The van der Waals surface area contributed by atoms with Gasteiger partial charge in [0, 0.05) is 23.2 Å². The molecule has 0 N–H and O–H groups in total. The number of hydrogen-bond donors (Lipinski definition) is 0. The van der Waals surface area contributed by atoms with E-state index in [2.05, 4.69) is 52.0 Å². The molecular weight excluding hydrogens is 226 g/mol. The topological polar surface area (TPSA) is 3.24 Å². The lowest BCUT2D eigenvalue weighted by atomic mass is 10.2. The van der Waals surface area contributed by atoms with Crippen LogP contribution in [-0.2, 0) is 0 Å². The second-order valence-corrected chi connectivity index (χ2v) is 4.73. The van der Waals surface area contributed by atoms with Crippen LogP contribution in [0.15, 0.2) is 28.7 Å². The largest absolute Gasteiger partial charge is 0.371 e. The summed E-state index contributed by atoms with van der Waals surface area (Å²) in [5.41, 5.74) is 1.35. The first-order chi connectivity index (χ1) is 6.25. The number of anilines is 1. The Morgan fingerprint density at radius 1 is 1.31 bits per heavy atom. The molecule has 2 heteroatoms. The number of nitrogens with zero attached hydrogens (tertiary/aromatic N) is 1. The second kappa shape index (κ2) is 3.70. The minimum Gasteiger partial charge on any atom is -0.371 e. The summed E-state index contributed by atoms with van der Waals surface area (Å²) in [6, 6.07) is 8.58. The molecule has 0 spiro atoms. The summed E-state index contributed by atoms with van der Waals surface area (Å²) in [4.78, 5) is 2.46. The normalized spacial score (nSPS) is 22.3. The van der Waals surface area contributed by atoms with E-state index in [4.69, 9.17) is 0 Å². The van der Waals surface area contributed by atoms with Gasteiger partial charge in [0.2, 0.25) is 0 Å². The third-order valence-electron chi connectivity index (χ3n) is 2.62. The van der Waals surface area contributed by atoms with Crippen molar-refractivity contribution in [3.8, 4) is 0 Å². The summed E-state index contributed by atoms with van der Waals surface area (Å²) >= 11 is 3.45. The van der Waals surface area contributed by atoms with Gasteiger partial charge in [-0.25, -0.2) is 0 Å². The average Bonchev–Trinajstić information content (AvgIpc) is 2.53. The summed E-state index contributed by atoms with van der Waals surface area (Å²) in [5, 5.41) is 0. The van der Waals surface area contributed by atoms with Gasteiger partial charge >= 0.3 is 0 Å². The molecule has 1 heterocycles. The molecule has 0 saturated carbocycles. The first kappa shape index (κ1) is 9.07. The van der Waals surface area contributed by atoms with Crippen molar-refractivity contribution in [2.75, 3.05) is 18.0 Å². The Hall–Kier alpha value is -0.500. The third kappa shape index (κ3) is 2.05. The van der Waals surface area contributed by atoms with E-state index < -0.39 is 0 Å². The first-order valence-electron chi connectivity index (χ1n) is 4.76. The smallest absolute Gasteiger partial charge is 0.0367 e. The van der Waals surface area contributed by atoms with E-state index in [9.17, 15) is 0 Å². The van der Waals surface area contributed by atoms with Gasteiger partial charge in [-0.05, 0) is 36.6 Å². The fraction of sp³-hybridized carbons (Fsp3) is 0.455. The molecule has 1 fully saturated rings. The van der Waals surface area contributed by atoms with E-state index in [0.717, 1.165) is 10.4 Å². The molecule has 70 valence electrons. The molecule has 0 amide bonds. The molecule has 2 rings (SSSR count). The maximum Gasteiger partial charge on any atom is 0.0367 e. The zero-order valence-electron chi connectivity index (χ0n) is 7.83. The van der Waals surface area contributed by atoms with Crippen LogP contribution in [0.5, 0.6) is 0 Å². The maximum absolute atomic E-state index is 3.45. The lowest BCUT2D eigenvalue weighted by molar-refractivity contribution is 0.659. The molecule has 1 atom stereocenters. The zero-order valence-corrected chi connectivity index (χ0v) is 9.42. The minimum absolute atomic E-state index is 0.851. The van der Waals surface area contributed by atoms with Crippen LogP contribution in [0.1, 0.15) is 13.3 Å². The van der Waals surface area contributed by atoms with Gasteiger partial charge in [0.25, 0.3) is 0 Å². The number of hydrogen-bond acceptors (Lipinski definition) is 1. The van der Waals surface area contributed by atoms with Crippen molar-refractivity contribution < 1.29 is 0 Å². The Kier molecular flexibility index (Phi) is 2.58. The summed E-state index contributed by atoms with van der Waals surface area (Å²) in [6.45, 7) is 4.74. The van der Waals surface area contributed by atoms with Crippen molar-refractivity contribution in [3.63, 3.8) is 0 Å². The fourth-order valence-corrected chi connectivity index (χ4v) is 2.09. The average molecular weight is 240 g/mol. The highest BCUT2D eigenvalue weighted by Gasteiger charge is 2.18. The van der Waals surface area contributed by atoms with Gasteiger partial charge in [-0.2, -0.15) is 0 Å². The van der Waals surface area contributed by atoms with Gasteiger partial charge in [0.1, 0.15) is 0 Å². The highest BCUT2D eigenvalue weighted by atomic mass is 79.9. The maximum atomic E-state index is 3.45. The van der Waals surface area contributed by atoms with Gasteiger partial charge in [0.15, 0.2) is 0 Å². The van der Waals surface area contributed by atoms with E-state index in [1.165, 1.54) is 25.2 Å². The minimum atomic E-state index is 0.851. The van der Waals surface area contributed by atoms with Gasteiger partial charge < -0.3 is 4.90 Å². The molecule has 1 aromatic rings. The van der Waals surface area contributed by atoms with Crippen molar-refractivity contribution >= 4 is 21.6 Å². The molecular formula is C11H14BrN. The fourth-order valence-electron chi connectivity index (χ4n) is 1.82. The van der Waals surface area contributed by atoms with Gasteiger partial charge in [-0.1, -0.05) is 22.9 Å². The van der Waals surface area contributed by atoms with Gasteiger partial charge in [0.05, 0.1) is 0 Å². The molecule has 0 aromatic heterocycles. The second-order valence-electron chi connectivity index (χ2n) is 3.82. The highest BCUT2D eigenvalue weighted by molar-refractivity contribution is 9.10. The van der Waals surface area contributed by atoms with Gasteiger partial charge in [-0.3, -0.25) is 0 Å². The van der Waals surface area contributed by atoms with Gasteiger partial charge in [-0.15, -0.1) is 0 Å². The van der Waals surface area contributed by atoms with E-state index in [0.29, 0.717) is 0 Å². The van der Waals surface area contributed by atoms with Crippen LogP contribution in [0, 0.1) is 5.92 Å². The van der Waals surface area contributed by atoms with Crippen LogP contribution < -0.4 is 4.90 Å². The van der Waals surface area contributed by atoms with Crippen molar-refractivity contribution in [1.29, 1.82) is 0 Å². The molecule has 1 aromatic carbocycles.